The molecule has 0 fully saturated rings. The number of aromatic nitrogens is 1. The van der Waals surface area contributed by atoms with E-state index in [0.717, 1.165) is 33.5 Å². The zero-order valence-corrected chi connectivity index (χ0v) is 19.8. The van der Waals surface area contributed by atoms with Gasteiger partial charge in [0.05, 0.1) is 5.69 Å². The van der Waals surface area contributed by atoms with Crippen molar-refractivity contribution in [3.05, 3.63) is 99.4 Å². The zero-order valence-electron chi connectivity index (χ0n) is 19.0. The second-order valence-corrected chi connectivity index (χ2v) is 9.02. The molecular weight excluding hydrogens is 430 g/mol. The van der Waals surface area contributed by atoms with Gasteiger partial charge in [-0.3, -0.25) is 14.9 Å². The van der Waals surface area contributed by atoms with Crippen molar-refractivity contribution in [2.24, 2.45) is 0 Å². The molecule has 0 saturated carbocycles. The van der Waals surface area contributed by atoms with Gasteiger partial charge in [-0.15, -0.1) is 11.3 Å². The van der Waals surface area contributed by atoms with Crippen LogP contribution >= 0.6 is 11.3 Å². The minimum Gasteiger partial charge on any atom is -0.322 e. The van der Waals surface area contributed by atoms with E-state index >= 15 is 0 Å². The number of hydrogen-bond donors (Lipinski definition) is 2. The van der Waals surface area contributed by atoms with Gasteiger partial charge in [-0.05, 0) is 63.1 Å². The summed E-state index contributed by atoms with van der Waals surface area (Å²) in [6.07, 6.45) is 0. The van der Waals surface area contributed by atoms with Crippen molar-refractivity contribution in [1.29, 1.82) is 0 Å². The molecule has 2 N–H and O–H groups in total. The van der Waals surface area contributed by atoms with Crippen LogP contribution in [0.1, 0.15) is 43.0 Å². The maximum atomic E-state index is 12.7. The normalized spacial score (nSPS) is 10.7. The van der Waals surface area contributed by atoms with E-state index in [9.17, 15) is 9.59 Å². The Hall–Kier alpha value is -3.77. The first-order valence-corrected chi connectivity index (χ1v) is 11.5. The maximum Gasteiger partial charge on any atom is 0.257 e. The van der Waals surface area contributed by atoms with Crippen LogP contribution in [-0.2, 0) is 0 Å². The highest BCUT2D eigenvalue weighted by Gasteiger charge is 2.13. The summed E-state index contributed by atoms with van der Waals surface area (Å²) in [6.45, 7) is 7.86. The Bertz CT molecular complexity index is 1360. The summed E-state index contributed by atoms with van der Waals surface area (Å²) in [5.41, 5.74) is 7.66. The van der Waals surface area contributed by atoms with Crippen molar-refractivity contribution >= 4 is 34.0 Å². The quantitative estimate of drug-likeness (QED) is 0.358. The van der Waals surface area contributed by atoms with E-state index in [-0.39, 0.29) is 11.8 Å². The second-order valence-electron chi connectivity index (χ2n) is 8.16. The zero-order chi connectivity index (χ0) is 23.5. The van der Waals surface area contributed by atoms with Gasteiger partial charge in [0, 0.05) is 27.8 Å². The van der Waals surface area contributed by atoms with Crippen molar-refractivity contribution < 1.29 is 9.59 Å². The second kappa shape index (κ2) is 9.38. The number of anilines is 2. The lowest BCUT2D eigenvalue weighted by Crippen LogP contribution is -2.13. The predicted molar refractivity (Wildman–Crippen MR) is 135 cm³/mol. The van der Waals surface area contributed by atoms with Gasteiger partial charge in [-0.25, -0.2) is 4.98 Å². The number of aryl methyl sites for hydroxylation is 4. The molecular formula is C27H25N3O2S. The van der Waals surface area contributed by atoms with E-state index in [0.29, 0.717) is 21.9 Å². The molecule has 0 unspecified atom stereocenters. The Balaban J connectivity index is 1.49. The van der Waals surface area contributed by atoms with Gasteiger partial charge in [-0.1, -0.05) is 47.5 Å². The number of carbonyl (C=O) groups excluding carboxylic acids is 2. The topological polar surface area (TPSA) is 71.1 Å². The molecule has 0 saturated heterocycles. The van der Waals surface area contributed by atoms with Crippen LogP contribution in [0.25, 0.3) is 11.3 Å². The number of rotatable bonds is 5. The van der Waals surface area contributed by atoms with Crippen molar-refractivity contribution in [3.8, 4) is 11.3 Å². The van der Waals surface area contributed by atoms with E-state index < -0.39 is 0 Å². The molecule has 2 amide bonds. The highest BCUT2D eigenvalue weighted by molar-refractivity contribution is 7.14. The lowest BCUT2D eigenvalue weighted by molar-refractivity contribution is 0.101. The highest BCUT2D eigenvalue weighted by Crippen LogP contribution is 2.27. The van der Waals surface area contributed by atoms with E-state index in [4.69, 9.17) is 0 Å². The molecule has 33 heavy (non-hydrogen) atoms. The average Bonchev–Trinajstić information content (AvgIpc) is 3.22. The van der Waals surface area contributed by atoms with E-state index in [1.54, 1.807) is 0 Å². The van der Waals surface area contributed by atoms with Gasteiger partial charge in [0.2, 0.25) is 0 Å². The van der Waals surface area contributed by atoms with Gasteiger partial charge >= 0.3 is 0 Å². The Morgan fingerprint density at radius 1 is 0.758 bits per heavy atom. The summed E-state index contributed by atoms with van der Waals surface area (Å²) in [5.74, 6) is -0.327. The van der Waals surface area contributed by atoms with E-state index in [1.165, 1.54) is 11.3 Å². The molecule has 1 heterocycles. The lowest BCUT2D eigenvalue weighted by Gasteiger charge is -2.09. The summed E-state index contributed by atoms with van der Waals surface area (Å²) in [6, 6.07) is 19.0. The van der Waals surface area contributed by atoms with Gasteiger partial charge in [0.15, 0.2) is 5.13 Å². The largest absolute Gasteiger partial charge is 0.322 e. The number of nitrogens with zero attached hydrogens (tertiary/aromatic N) is 1. The van der Waals surface area contributed by atoms with Gasteiger partial charge < -0.3 is 5.32 Å². The molecule has 0 aliphatic rings. The van der Waals surface area contributed by atoms with Crippen LogP contribution in [0.2, 0.25) is 0 Å². The number of thiazole rings is 1. The standard InChI is InChI=1S/C27H25N3O2S/c1-16-8-10-22(18(3)12-16)25(31)28-21-7-5-6-20(14-21)24-15-33-27(29-24)30-26(32)23-11-9-17(2)13-19(23)4/h5-15H,1-4H3,(H,28,31)(H,29,30,32). The first kappa shape index (κ1) is 22.4. The third kappa shape index (κ3) is 5.18. The number of hydrogen-bond acceptors (Lipinski definition) is 4. The van der Waals surface area contributed by atoms with Gasteiger partial charge in [0.1, 0.15) is 0 Å². The first-order valence-electron chi connectivity index (χ1n) is 10.6. The predicted octanol–water partition coefficient (Wildman–Crippen LogP) is 6.55. The molecule has 3 aromatic carbocycles. The molecule has 0 radical (unpaired) electrons. The van der Waals surface area contributed by atoms with Crippen molar-refractivity contribution in [1.82, 2.24) is 4.98 Å². The molecule has 4 aromatic rings. The van der Waals surface area contributed by atoms with Crippen LogP contribution < -0.4 is 10.6 Å². The maximum absolute atomic E-state index is 12.7. The minimum atomic E-state index is -0.178. The fourth-order valence-corrected chi connectivity index (χ4v) is 4.43. The van der Waals surface area contributed by atoms with Crippen LogP contribution in [0, 0.1) is 27.7 Å². The van der Waals surface area contributed by atoms with Crippen molar-refractivity contribution in [3.63, 3.8) is 0 Å². The summed E-state index contributed by atoms with van der Waals surface area (Å²) in [4.78, 5) is 30.0. The molecule has 0 aliphatic heterocycles. The molecule has 5 nitrogen and oxygen atoms in total. The van der Waals surface area contributed by atoms with Crippen LogP contribution in [0.3, 0.4) is 0 Å². The van der Waals surface area contributed by atoms with Crippen molar-refractivity contribution in [2.45, 2.75) is 27.7 Å². The smallest absolute Gasteiger partial charge is 0.257 e. The molecule has 0 aliphatic carbocycles. The lowest BCUT2D eigenvalue weighted by atomic mass is 10.0. The highest BCUT2D eigenvalue weighted by atomic mass is 32.1. The average molecular weight is 456 g/mol. The van der Waals surface area contributed by atoms with Gasteiger partial charge in [-0.2, -0.15) is 0 Å². The molecule has 0 spiro atoms. The third-order valence-corrected chi connectivity index (χ3v) is 6.15. The Morgan fingerprint density at radius 3 is 1.97 bits per heavy atom. The fraction of sp³-hybridized carbons (Fsp3) is 0.148. The molecule has 4 rings (SSSR count). The third-order valence-electron chi connectivity index (χ3n) is 5.39. The van der Waals surface area contributed by atoms with Crippen LogP contribution in [0.4, 0.5) is 10.8 Å². The Labute approximate surface area is 197 Å². The summed E-state index contributed by atoms with van der Waals surface area (Å²) in [7, 11) is 0. The minimum absolute atomic E-state index is 0.149. The Kier molecular flexibility index (Phi) is 6.38. The van der Waals surface area contributed by atoms with E-state index in [2.05, 4.69) is 15.6 Å². The fourth-order valence-electron chi connectivity index (χ4n) is 3.72. The number of nitrogens with one attached hydrogen (secondary N) is 2. The SMILES string of the molecule is Cc1ccc(C(=O)Nc2cccc(-c3csc(NC(=O)c4ccc(C)cc4C)n3)c2)c(C)c1. The molecule has 0 atom stereocenters. The summed E-state index contributed by atoms with van der Waals surface area (Å²) >= 11 is 1.37. The van der Waals surface area contributed by atoms with Crippen LogP contribution in [0.15, 0.2) is 66.0 Å². The molecule has 1 aromatic heterocycles. The van der Waals surface area contributed by atoms with Crippen LogP contribution in [0.5, 0.6) is 0 Å². The molecule has 0 bridgehead atoms. The summed E-state index contributed by atoms with van der Waals surface area (Å²) < 4.78 is 0. The number of carbonyl (C=O) groups is 2. The van der Waals surface area contributed by atoms with E-state index in [1.807, 2.05) is 93.7 Å². The number of benzene rings is 3. The first-order chi connectivity index (χ1) is 15.8. The van der Waals surface area contributed by atoms with Gasteiger partial charge in [0.25, 0.3) is 11.8 Å². The summed E-state index contributed by atoms with van der Waals surface area (Å²) in [5, 5.41) is 8.27. The Morgan fingerprint density at radius 2 is 1.36 bits per heavy atom. The molecule has 166 valence electrons. The van der Waals surface area contributed by atoms with Crippen molar-refractivity contribution in [2.75, 3.05) is 10.6 Å². The monoisotopic (exact) mass is 455 g/mol. The van der Waals surface area contributed by atoms with Crippen LogP contribution in [-0.4, -0.2) is 16.8 Å². The molecule has 6 heteroatoms. The number of amides is 2.